The van der Waals surface area contributed by atoms with E-state index in [0.717, 1.165) is 62.5 Å². The van der Waals surface area contributed by atoms with Crippen LogP contribution in [0.4, 0.5) is 0 Å². The third kappa shape index (κ3) is 8.86. The topological polar surface area (TPSA) is 175 Å². The number of imidazole rings is 2. The summed E-state index contributed by atoms with van der Waals surface area (Å²) in [4.78, 5) is 73.0. The molecular weight excluding hydrogens is 761 g/mol. The molecule has 5 heterocycles. The minimum atomic E-state index is -0.758. The number of benzene rings is 2. The van der Waals surface area contributed by atoms with E-state index in [1.165, 1.54) is 0 Å². The van der Waals surface area contributed by atoms with Crippen LogP contribution in [0.25, 0.3) is 0 Å². The van der Waals surface area contributed by atoms with Crippen LogP contribution in [0.2, 0.25) is 0 Å². The Hall–Kier alpha value is -6.22. The second kappa shape index (κ2) is 17.6. The Morgan fingerprint density at radius 1 is 0.667 bits per heavy atom. The van der Waals surface area contributed by atoms with Crippen LogP contribution in [-0.2, 0) is 28.7 Å². The summed E-state index contributed by atoms with van der Waals surface area (Å²) in [5.41, 5.74) is 2.77. The molecule has 60 heavy (non-hydrogen) atoms. The summed E-state index contributed by atoms with van der Waals surface area (Å²) < 4.78 is 12.1. The number of nitrogens with one attached hydrogen (secondary N) is 4. The number of rotatable bonds is 11. The number of carbonyl (C=O) groups is 4. The summed E-state index contributed by atoms with van der Waals surface area (Å²) in [6, 6.07) is 16.8. The van der Waals surface area contributed by atoms with E-state index in [9.17, 15) is 19.2 Å². The third-order valence-corrected chi connectivity index (χ3v) is 11.8. The maximum absolute atomic E-state index is 14.0. The standard InChI is InChI=1S/C46H48N8O6/c55-42(32-19-20-32)51-38(30-12-3-1-4-13-30)44(57)53-23-9-17-36(53)40-47-25-34(49-40)16-8-7-11-29-27-59-46(60-28-29)35-26-48-41(50-35)37-18-10-24-54(37)45(58)39(31-14-5-2-6-15-31)52-43(56)33-21-22-33/h1-6,12-15,25-26,29,32-33,36-39,46H,9-10,17-24,27-28H2,(H,47,49)(H,48,50)(H,51,55)(H,52,56)/t29?,36-,37-,38-,39-,46?/m0/s1. The fourth-order valence-corrected chi connectivity index (χ4v) is 8.25. The summed E-state index contributed by atoms with van der Waals surface area (Å²) in [6.45, 7) is 1.82. The van der Waals surface area contributed by atoms with Crippen molar-refractivity contribution in [2.45, 2.75) is 81.8 Å². The van der Waals surface area contributed by atoms with E-state index in [4.69, 9.17) is 9.47 Å². The zero-order valence-electron chi connectivity index (χ0n) is 33.3. The van der Waals surface area contributed by atoms with Crippen LogP contribution in [0.1, 0.15) is 116 Å². The van der Waals surface area contributed by atoms with Crippen molar-refractivity contribution < 1.29 is 28.7 Å². The van der Waals surface area contributed by atoms with Crippen molar-refractivity contribution in [1.82, 2.24) is 40.4 Å². The quantitative estimate of drug-likeness (QED) is 0.158. The lowest BCUT2D eigenvalue weighted by molar-refractivity contribution is -0.198. The molecule has 0 spiro atoms. The van der Waals surface area contributed by atoms with E-state index in [0.29, 0.717) is 49.3 Å². The predicted molar refractivity (Wildman–Crippen MR) is 217 cm³/mol. The largest absolute Gasteiger partial charge is 0.346 e. The van der Waals surface area contributed by atoms with Gasteiger partial charge in [0.1, 0.15) is 29.4 Å². The number of amides is 4. The van der Waals surface area contributed by atoms with E-state index >= 15 is 0 Å². The Morgan fingerprint density at radius 2 is 1.18 bits per heavy atom. The van der Waals surface area contributed by atoms with Crippen LogP contribution >= 0.6 is 0 Å². The monoisotopic (exact) mass is 808 g/mol. The molecule has 3 saturated heterocycles. The fourth-order valence-electron chi connectivity index (χ4n) is 8.25. The number of aromatic nitrogens is 4. The van der Waals surface area contributed by atoms with Crippen LogP contribution in [-0.4, -0.2) is 79.7 Å². The molecule has 2 aliphatic carbocycles. The van der Waals surface area contributed by atoms with Crippen molar-refractivity contribution in [2.75, 3.05) is 26.3 Å². The Kier molecular flexibility index (Phi) is 11.5. The number of likely N-dealkylation sites (tertiary alicyclic amines) is 2. The van der Waals surface area contributed by atoms with E-state index in [1.54, 1.807) is 12.4 Å². The molecule has 0 bridgehead atoms. The van der Waals surface area contributed by atoms with Crippen molar-refractivity contribution in [1.29, 1.82) is 0 Å². The predicted octanol–water partition coefficient (Wildman–Crippen LogP) is 4.71. The van der Waals surface area contributed by atoms with Crippen molar-refractivity contribution in [3.63, 3.8) is 0 Å². The molecule has 3 aliphatic heterocycles. The summed E-state index contributed by atoms with van der Waals surface area (Å²) >= 11 is 0. The van der Waals surface area contributed by atoms with E-state index in [2.05, 4.69) is 54.3 Å². The highest BCUT2D eigenvalue weighted by Gasteiger charge is 2.41. The molecule has 5 aliphatic rings. The fraction of sp³-hybridized carbons (Fsp3) is 0.435. The van der Waals surface area contributed by atoms with Crippen LogP contribution in [0.15, 0.2) is 73.1 Å². The van der Waals surface area contributed by atoms with Gasteiger partial charge in [-0.3, -0.25) is 19.2 Å². The van der Waals surface area contributed by atoms with E-state index < -0.39 is 18.4 Å². The minimum Gasteiger partial charge on any atom is -0.346 e. The summed E-state index contributed by atoms with van der Waals surface area (Å²) in [6.07, 6.45) is 9.27. The van der Waals surface area contributed by atoms with Crippen molar-refractivity contribution in [3.05, 3.63) is 107 Å². The molecule has 0 unspecified atom stereocenters. The van der Waals surface area contributed by atoms with Gasteiger partial charge in [-0.05, 0) is 80.3 Å². The lowest BCUT2D eigenvalue weighted by Crippen LogP contribution is -2.43. The second-order valence-corrected chi connectivity index (χ2v) is 16.3. The molecule has 308 valence electrons. The molecular formula is C46H48N8O6. The first-order chi connectivity index (χ1) is 29.4. The number of H-pyrrole nitrogens is 2. The SMILES string of the molecule is O=C(N[C@H](C(=O)N1CCC[C@H]1c1ncc(C#CC#CC2COC(c3cnc([C@@H]4CCCN4C(=O)[C@@H](NC(=O)C4CC4)c4ccccc4)[nH]3)OC2)[nH]1)c1ccccc1)C1CC1. The first-order valence-corrected chi connectivity index (χ1v) is 21.1. The lowest BCUT2D eigenvalue weighted by atomic mass is 10.0. The van der Waals surface area contributed by atoms with Gasteiger partial charge in [0.05, 0.1) is 49.3 Å². The van der Waals surface area contributed by atoms with Gasteiger partial charge in [-0.2, -0.15) is 0 Å². The minimum absolute atomic E-state index is 0.0120. The molecule has 9 rings (SSSR count). The van der Waals surface area contributed by atoms with Gasteiger partial charge in [-0.1, -0.05) is 66.6 Å². The molecule has 14 heteroatoms. The highest BCUT2D eigenvalue weighted by molar-refractivity contribution is 5.91. The van der Waals surface area contributed by atoms with Gasteiger partial charge in [0.15, 0.2) is 0 Å². The van der Waals surface area contributed by atoms with Gasteiger partial charge in [0.25, 0.3) is 0 Å². The zero-order chi connectivity index (χ0) is 41.0. The summed E-state index contributed by atoms with van der Waals surface area (Å²) in [5.74, 6) is 12.6. The van der Waals surface area contributed by atoms with Gasteiger partial charge in [0, 0.05) is 24.9 Å². The second-order valence-electron chi connectivity index (χ2n) is 16.3. The van der Waals surface area contributed by atoms with E-state index in [1.807, 2.05) is 70.5 Å². The molecule has 4 amide bonds. The maximum Gasteiger partial charge on any atom is 0.250 e. The molecule has 14 nitrogen and oxygen atoms in total. The normalized spacial score (nSPS) is 23.4. The summed E-state index contributed by atoms with van der Waals surface area (Å²) in [5, 5.41) is 6.03. The van der Waals surface area contributed by atoms with Crippen LogP contribution in [0.5, 0.6) is 0 Å². The molecule has 5 fully saturated rings. The molecule has 2 saturated carbocycles. The Morgan fingerprint density at radius 3 is 1.72 bits per heavy atom. The first-order valence-electron chi connectivity index (χ1n) is 21.1. The number of hydrogen-bond acceptors (Lipinski definition) is 8. The zero-order valence-corrected chi connectivity index (χ0v) is 33.3. The van der Waals surface area contributed by atoms with Crippen LogP contribution in [0.3, 0.4) is 0 Å². The summed E-state index contributed by atoms with van der Waals surface area (Å²) in [7, 11) is 0. The average molecular weight is 809 g/mol. The van der Waals surface area contributed by atoms with Crippen LogP contribution < -0.4 is 10.6 Å². The van der Waals surface area contributed by atoms with Gasteiger partial charge >= 0.3 is 0 Å². The molecule has 2 aromatic carbocycles. The third-order valence-electron chi connectivity index (χ3n) is 11.8. The Balaban J connectivity index is 0.785. The molecule has 4 N–H and O–H groups in total. The number of carbonyl (C=O) groups excluding carboxylic acids is 4. The van der Waals surface area contributed by atoms with Crippen molar-refractivity contribution in [2.24, 2.45) is 17.8 Å². The molecule has 4 aromatic rings. The molecule has 4 atom stereocenters. The van der Waals surface area contributed by atoms with Crippen LogP contribution in [0, 0.1) is 41.4 Å². The van der Waals surface area contributed by atoms with Crippen molar-refractivity contribution >= 4 is 23.6 Å². The van der Waals surface area contributed by atoms with Crippen molar-refractivity contribution in [3.8, 4) is 23.7 Å². The molecule has 0 radical (unpaired) electrons. The highest BCUT2D eigenvalue weighted by atomic mass is 16.7. The van der Waals surface area contributed by atoms with E-state index in [-0.39, 0.29) is 53.5 Å². The van der Waals surface area contributed by atoms with Gasteiger partial charge in [-0.15, -0.1) is 0 Å². The van der Waals surface area contributed by atoms with Gasteiger partial charge < -0.3 is 39.9 Å². The smallest absolute Gasteiger partial charge is 0.250 e. The lowest BCUT2D eigenvalue weighted by Gasteiger charge is -2.29. The highest BCUT2D eigenvalue weighted by Crippen LogP contribution is 2.37. The average Bonchev–Trinajstić information content (AvgIpc) is 4.05. The maximum atomic E-state index is 14.0. The Labute approximate surface area is 348 Å². The number of hydrogen-bond donors (Lipinski definition) is 4. The first kappa shape index (κ1) is 39.3. The molecule has 2 aromatic heterocycles. The number of nitrogens with zero attached hydrogens (tertiary/aromatic N) is 4. The van der Waals surface area contributed by atoms with Gasteiger partial charge in [-0.25, -0.2) is 9.97 Å². The number of ether oxygens (including phenoxy) is 2. The Bertz CT molecular complexity index is 2320. The van der Waals surface area contributed by atoms with Gasteiger partial charge in [0.2, 0.25) is 29.9 Å². The number of aromatic amines is 2.